The van der Waals surface area contributed by atoms with Crippen LogP contribution < -0.4 is 4.74 Å². The summed E-state index contributed by atoms with van der Waals surface area (Å²) in [7, 11) is 0. The Balaban J connectivity index is 1.06. The smallest absolute Gasteiger partial charge is 0.164 e. The van der Waals surface area contributed by atoms with Crippen molar-refractivity contribution in [3.63, 3.8) is 0 Å². The van der Waals surface area contributed by atoms with E-state index in [0.717, 1.165) is 66.9 Å². The lowest BCUT2D eigenvalue weighted by molar-refractivity contribution is 0.487. The lowest BCUT2D eigenvalue weighted by atomic mass is 9.88. The molecule has 0 unspecified atom stereocenters. The molecule has 3 heterocycles. The summed E-state index contributed by atoms with van der Waals surface area (Å²) in [4.78, 5) is 15.1. The van der Waals surface area contributed by atoms with E-state index in [1.807, 2.05) is 72.8 Å². The van der Waals surface area contributed by atoms with Gasteiger partial charge in [-0.1, -0.05) is 146 Å². The van der Waals surface area contributed by atoms with Gasteiger partial charge in [0.15, 0.2) is 17.5 Å². The van der Waals surface area contributed by atoms with Crippen molar-refractivity contribution < 1.29 is 4.74 Å². The van der Waals surface area contributed by atoms with Crippen LogP contribution in [-0.2, 0) is 0 Å². The number of ether oxygens (including phenoxy) is 1. The molecule has 0 N–H and O–H groups in total. The summed E-state index contributed by atoms with van der Waals surface area (Å²) >= 11 is 0. The molecule has 0 fully saturated rings. The van der Waals surface area contributed by atoms with E-state index in [9.17, 15) is 0 Å². The van der Waals surface area contributed by atoms with Crippen LogP contribution in [0.2, 0.25) is 0 Å². The van der Waals surface area contributed by atoms with Crippen molar-refractivity contribution in [3.8, 4) is 73.6 Å². The van der Waals surface area contributed by atoms with Crippen LogP contribution in [0.15, 0.2) is 182 Å². The molecule has 1 aliphatic rings. The molecule has 0 atom stereocenters. The predicted molar refractivity (Wildman–Crippen MR) is 219 cm³/mol. The fourth-order valence-electron chi connectivity index (χ4n) is 8.04. The van der Waals surface area contributed by atoms with Gasteiger partial charge in [0.05, 0.1) is 11.0 Å². The average Bonchev–Trinajstić information content (AvgIpc) is 3.58. The SMILES string of the molecule is c1ccc(-c2nc(-c3ccccc3)nc(-c3cccc4c3-c3cccc5c(-c6ccc(-n7c8ccccc8c8ccccc87)cc6)ccc(c35)O4)n2)cc1. The Morgan fingerprint density at radius 2 is 0.907 bits per heavy atom. The van der Waals surface area contributed by atoms with E-state index in [4.69, 9.17) is 19.7 Å². The van der Waals surface area contributed by atoms with Crippen molar-refractivity contribution in [2.75, 3.05) is 0 Å². The van der Waals surface area contributed by atoms with Gasteiger partial charge in [0.25, 0.3) is 0 Å². The van der Waals surface area contributed by atoms with Crippen LogP contribution >= 0.6 is 0 Å². The van der Waals surface area contributed by atoms with Gasteiger partial charge in [0.2, 0.25) is 0 Å². The summed E-state index contributed by atoms with van der Waals surface area (Å²) in [5, 5.41) is 4.71. The zero-order chi connectivity index (χ0) is 35.6. The highest BCUT2D eigenvalue weighted by Gasteiger charge is 2.26. The Morgan fingerprint density at radius 1 is 0.352 bits per heavy atom. The van der Waals surface area contributed by atoms with Crippen LogP contribution in [0, 0.1) is 0 Å². The fraction of sp³-hybridized carbons (Fsp3) is 0. The second-order valence-electron chi connectivity index (χ2n) is 13.6. The van der Waals surface area contributed by atoms with Gasteiger partial charge in [-0.05, 0) is 58.5 Å². The zero-order valence-electron chi connectivity index (χ0n) is 29.0. The van der Waals surface area contributed by atoms with Crippen LogP contribution in [-0.4, -0.2) is 19.5 Å². The molecular formula is C49H30N4O. The van der Waals surface area contributed by atoms with E-state index in [1.165, 1.54) is 21.8 Å². The Morgan fingerprint density at radius 3 is 1.57 bits per heavy atom. The summed E-state index contributed by atoms with van der Waals surface area (Å²) in [6.45, 7) is 0. The number of rotatable bonds is 5. The first-order valence-corrected chi connectivity index (χ1v) is 18.1. The van der Waals surface area contributed by atoms with Gasteiger partial charge in [-0.25, -0.2) is 15.0 Å². The molecule has 5 heteroatoms. The standard InChI is InChI=1S/C49H30N4O/c1-3-13-32(14-4-1)47-50-48(33-15-5-2-6-16-33)52-49(51-47)40-21-12-24-43-46(40)39-20-11-19-38-35(29-30-44(54-43)45(38)39)31-25-27-34(28-26-31)53-41-22-9-7-17-36(41)37-18-8-10-23-42(37)53/h1-30H. The normalized spacial score (nSPS) is 11.9. The van der Waals surface area contributed by atoms with Crippen LogP contribution in [0.4, 0.5) is 0 Å². The third kappa shape index (κ3) is 4.76. The van der Waals surface area contributed by atoms with E-state index >= 15 is 0 Å². The summed E-state index contributed by atoms with van der Waals surface area (Å²) in [6, 6.07) is 63.2. The Kier molecular flexibility index (Phi) is 6.79. The molecule has 0 spiro atoms. The van der Waals surface area contributed by atoms with Gasteiger partial charge in [0, 0.05) is 44.1 Å². The Bertz CT molecular complexity index is 2950. The van der Waals surface area contributed by atoms with Crippen LogP contribution in [0.5, 0.6) is 11.5 Å². The lowest BCUT2D eigenvalue weighted by Gasteiger charge is -2.24. The maximum absolute atomic E-state index is 6.71. The van der Waals surface area contributed by atoms with E-state index in [1.54, 1.807) is 0 Å². The van der Waals surface area contributed by atoms with Gasteiger partial charge >= 0.3 is 0 Å². The third-order valence-corrected chi connectivity index (χ3v) is 10.5. The lowest BCUT2D eigenvalue weighted by Crippen LogP contribution is -2.03. The van der Waals surface area contributed by atoms with Gasteiger partial charge in [-0.3, -0.25) is 0 Å². The number of hydrogen-bond acceptors (Lipinski definition) is 4. The molecule has 0 aliphatic carbocycles. The summed E-state index contributed by atoms with van der Waals surface area (Å²) in [5.41, 5.74) is 10.6. The third-order valence-electron chi connectivity index (χ3n) is 10.5. The number of hydrogen-bond donors (Lipinski definition) is 0. The minimum Gasteiger partial charge on any atom is -0.456 e. The topological polar surface area (TPSA) is 52.8 Å². The fourth-order valence-corrected chi connectivity index (χ4v) is 8.04. The number of para-hydroxylation sites is 2. The molecule has 2 aromatic heterocycles. The Labute approximate surface area is 311 Å². The molecule has 1 aliphatic heterocycles. The zero-order valence-corrected chi connectivity index (χ0v) is 29.0. The monoisotopic (exact) mass is 690 g/mol. The molecule has 0 saturated heterocycles. The summed E-state index contributed by atoms with van der Waals surface area (Å²) in [6.07, 6.45) is 0. The first kappa shape index (κ1) is 30.3. The molecular weight excluding hydrogens is 661 g/mol. The van der Waals surface area contributed by atoms with Crippen molar-refractivity contribution >= 4 is 32.6 Å². The van der Waals surface area contributed by atoms with E-state index < -0.39 is 0 Å². The van der Waals surface area contributed by atoms with Gasteiger partial charge in [-0.2, -0.15) is 0 Å². The molecule has 8 aromatic carbocycles. The second-order valence-corrected chi connectivity index (χ2v) is 13.6. The molecule has 11 rings (SSSR count). The van der Waals surface area contributed by atoms with Crippen LogP contribution in [0.1, 0.15) is 0 Å². The van der Waals surface area contributed by atoms with Crippen molar-refractivity contribution in [3.05, 3.63) is 182 Å². The predicted octanol–water partition coefficient (Wildman–Crippen LogP) is 12.6. The van der Waals surface area contributed by atoms with Gasteiger partial charge < -0.3 is 9.30 Å². The van der Waals surface area contributed by atoms with Crippen LogP contribution in [0.25, 0.3) is 94.7 Å². The van der Waals surface area contributed by atoms with Crippen LogP contribution in [0.3, 0.4) is 0 Å². The average molecular weight is 691 g/mol. The minimum absolute atomic E-state index is 0.598. The first-order valence-electron chi connectivity index (χ1n) is 18.1. The molecule has 0 amide bonds. The largest absolute Gasteiger partial charge is 0.456 e. The molecule has 0 radical (unpaired) electrons. The highest BCUT2D eigenvalue weighted by molar-refractivity contribution is 6.12. The molecule has 252 valence electrons. The minimum atomic E-state index is 0.598. The maximum Gasteiger partial charge on any atom is 0.164 e. The maximum atomic E-state index is 6.71. The quantitative estimate of drug-likeness (QED) is 0.180. The number of aromatic nitrogens is 4. The number of fused-ring (bicyclic) bond motifs is 5. The van der Waals surface area contributed by atoms with Crippen molar-refractivity contribution in [1.82, 2.24) is 19.5 Å². The first-order chi connectivity index (χ1) is 26.8. The molecule has 10 aromatic rings. The van der Waals surface area contributed by atoms with Crippen molar-refractivity contribution in [2.24, 2.45) is 0 Å². The van der Waals surface area contributed by atoms with E-state index in [2.05, 4.69) is 114 Å². The summed E-state index contributed by atoms with van der Waals surface area (Å²) < 4.78 is 9.06. The highest BCUT2D eigenvalue weighted by atomic mass is 16.5. The van der Waals surface area contributed by atoms with Gasteiger partial charge in [0.1, 0.15) is 11.5 Å². The van der Waals surface area contributed by atoms with Crippen molar-refractivity contribution in [2.45, 2.75) is 0 Å². The Hall–Kier alpha value is -7.37. The molecule has 0 saturated carbocycles. The van der Waals surface area contributed by atoms with Crippen molar-refractivity contribution in [1.29, 1.82) is 0 Å². The number of benzene rings is 8. The summed E-state index contributed by atoms with van der Waals surface area (Å²) in [5.74, 6) is 3.46. The van der Waals surface area contributed by atoms with Gasteiger partial charge in [-0.15, -0.1) is 0 Å². The van der Waals surface area contributed by atoms with E-state index in [0.29, 0.717) is 17.5 Å². The molecule has 54 heavy (non-hydrogen) atoms. The molecule has 0 bridgehead atoms. The van der Waals surface area contributed by atoms with E-state index in [-0.39, 0.29) is 0 Å². The highest BCUT2D eigenvalue weighted by Crippen LogP contribution is 2.51. The molecule has 5 nitrogen and oxygen atoms in total. The second kappa shape index (κ2) is 12.1. The number of nitrogens with zero attached hydrogens (tertiary/aromatic N) is 4.